The highest BCUT2D eigenvalue weighted by Crippen LogP contribution is 2.33. The first-order valence-electron chi connectivity index (χ1n) is 8.65. The fourth-order valence-corrected chi connectivity index (χ4v) is 2.73. The molecule has 0 aliphatic carbocycles. The minimum Gasteiger partial charge on any atom is -0.492 e. The summed E-state index contributed by atoms with van der Waals surface area (Å²) in [4.78, 5) is 27.9. The summed E-state index contributed by atoms with van der Waals surface area (Å²) < 4.78 is 24.0. The second-order valence-electron chi connectivity index (χ2n) is 6.27. The molecule has 7 heteroatoms. The summed E-state index contributed by atoms with van der Waals surface area (Å²) >= 11 is 0. The van der Waals surface area contributed by atoms with Crippen LogP contribution < -0.4 is 14.4 Å². The van der Waals surface area contributed by atoms with Crippen LogP contribution in [0.3, 0.4) is 0 Å². The molecular weight excluding hydrogens is 351 g/mol. The predicted molar refractivity (Wildman–Crippen MR) is 98.4 cm³/mol. The molecule has 0 aromatic heterocycles. The van der Waals surface area contributed by atoms with Gasteiger partial charge in [-0.2, -0.15) is 0 Å². The van der Waals surface area contributed by atoms with Crippen molar-refractivity contribution >= 4 is 17.5 Å². The number of rotatable bonds is 6. The van der Waals surface area contributed by atoms with Gasteiger partial charge in [-0.05, 0) is 43.3 Å². The molecule has 1 heterocycles. The van der Waals surface area contributed by atoms with Crippen molar-refractivity contribution in [2.75, 3.05) is 31.6 Å². The lowest BCUT2D eigenvalue weighted by molar-refractivity contribution is -0.132. The molecule has 27 heavy (non-hydrogen) atoms. The van der Waals surface area contributed by atoms with Crippen molar-refractivity contribution in [1.29, 1.82) is 0 Å². The van der Waals surface area contributed by atoms with Crippen LogP contribution in [0.25, 0.3) is 0 Å². The number of ether oxygens (including phenoxy) is 2. The van der Waals surface area contributed by atoms with E-state index in [4.69, 9.17) is 9.47 Å². The Balaban J connectivity index is 1.57. The first-order valence-corrected chi connectivity index (χ1v) is 8.65. The standard InChI is InChI=1S/C20H21FN2O4/c1-14-20(25)23(17-5-3-4-6-18(17)27-14)13-19(24)22(2)11-12-26-16-9-7-15(21)8-10-16/h3-10,14H,11-13H2,1-2H3. The number of halogens is 1. The third-order valence-electron chi connectivity index (χ3n) is 4.30. The first-order chi connectivity index (χ1) is 13.0. The van der Waals surface area contributed by atoms with E-state index in [1.807, 2.05) is 6.07 Å². The molecule has 0 radical (unpaired) electrons. The average Bonchev–Trinajstić information content (AvgIpc) is 2.66. The zero-order chi connectivity index (χ0) is 19.4. The van der Waals surface area contributed by atoms with Gasteiger partial charge in [0.15, 0.2) is 6.10 Å². The topological polar surface area (TPSA) is 59.1 Å². The Labute approximate surface area is 157 Å². The number of likely N-dealkylation sites (N-methyl/N-ethyl adjacent to an activating group) is 1. The Hall–Kier alpha value is -3.09. The molecule has 0 fully saturated rings. The van der Waals surface area contributed by atoms with Crippen molar-refractivity contribution in [2.45, 2.75) is 13.0 Å². The number of carbonyl (C=O) groups excluding carboxylic acids is 2. The number of hydrogen-bond acceptors (Lipinski definition) is 4. The van der Waals surface area contributed by atoms with E-state index in [0.717, 1.165) is 0 Å². The van der Waals surface area contributed by atoms with Crippen LogP contribution in [0.4, 0.5) is 10.1 Å². The van der Waals surface area contributed by atoms with Gasteiger partial charge in [-0.1, -0.05) is 12.1 Å². The molecule has 2 aromatic rings. The highest BCUT2D eigenvalue weighted by atomic mass is 19.1. The first kappa shape index (κ1) is 18.7. The Kier molecular flexibility index (Phi) is 5.59. The van der Waals surface area contributed by atoms with Crippen molar-refractivity contribution in [3.63, 3.8) is 0 Å². The number of anilines is 1. The van der Waals surface area contributed by atoms with Gasteiger partial charge in [0.2, 0.25) is 5.91 Å². The van der Waals surface area contributed by atoms with Crippen molar-refractivity contribution in [3.8, 4) is 11.5 Å². The van der Waals surface area contributed by atoms with Crippen molar-refractivity contribution < 1.29 is 23.5 Å². The number of amides is 2. The molecule has 0 saturated heterocycles. The molecule has 6 nitrogen and oxygen atoms in total. The van der Waals surface area contributed by atoms with Crippen molar-refractivity contribution in [2.24, 2.45) is 0 Å². The van der Waals surface area contributed by atoms with Crippen LogP contribution in [0.5, 0.6) is 11.5 Å². The van der Waals surface area contributed by atoms with Crippen molar-refractivity contribution in [3.05, 3.63) is 54.3 Å². The Morgan fingerprint density at radius 3 is 2.67 bits per heavy atom. The summed E-state index contributed by atoms with van der Waals surface area (Å²) in [5, 5.41) is 0. The summed E-state index contributed by atoms with van der Waals surface area (Å²) in [6.07, 6.45) is -0.639. The summed E-state index contributed by atoms with van der Waals surface area (Å²) in [6, 6.07) is 12.8. The minimum absolute atomic E-state index is 0.0728. The van der Waals surface area contributed by atoms with Crippen molar-refractivity contribution in [1.82, 2.24) is 4.90 Å². The number of hydrogen-bond donors (Lipinski definition) is 0. The average molecular weight is 372 g/mol. The van der Waals surface area contributed by atoms with E-state index in [1.165, 1.54) is 34.1 Å². The number of fused-ring (bicyclic) bond motifs is 1. The van der Waals surface area contributed by atoms with Crippen LogP contribution in [0.1, 0.15) is 6.92 Å². The predicted octanol–water partition coefficient (Wildman–Crippen LogP) is 2.48. The lowest BCUT2D eigenvalue weighted by Gasteiger charge is -2.33. The molecule has 0 spiro atoms. The van der Waals surface area contributed by atoms with E-state index in [-0.39, 0.29) is 30.8 Å². The third kappa shape index (κ3) is 4.36. The van der Waals surface area contributed by atoms with E-state index >= 15 is 0 Å². The maximum atomic E-state index is 12.9. The molecule has 2 amide bonds. The number of para-hydroxylation sites is 2. The fourth-order valence-electron chi connectivity index (χ4n) is 2.73. The number of carbonyl (C=O) groups is 2. The van der Waals surface area contributed by atoms with Crippen LogP contribution >= 0.6 is 0 Å². The van der Waals surface area contributed by atoms with Gasteiger partial charge < -0.3 is 14.4 Å². The molecule has 0 bridgehead atoms. The highest BCUT2D eigenvalue weighted by Gasteiger charge is 2.32. The van der Waals surface area contributed by atoms with Gasteiger partial charge in [-0.15, -0.1) is 0 Å². The number of nitrogens with zero attached hydrogens (tertiary/aromatic N) is 2. The molecule has 1 aliphatic rings. The Bertz CT molecular complexity index is 825. The summed E-state index contributed by atoms with van der Waals surface area (Å²) in [5.74, 6) is 0.315. The SMILES string of the molecule is CC1Oc2ccccc2N(CC(=O)N(C)CCOc2ccc(F)cc2)C1=O. The van der Waals surface area contributed by atoms with E-state index in [9.17, 15) is 14.0 Å². The smallest absolute Gasteiger partial charge is 0.268 e. The fraction of sp³-hybridized carbons (Fsp3) is 0.300. The van der Waals surface area contributed by atoms with Crippen LogP contribution in [-0.2, 0) is 9.59 Å². The quantitative estimate of drug-likeness (QED) is 0.782. The molecule has 1 unspecified atom stereocenters. The minimum atomic E-state index is -0.639. The van der Waals surface area contributed by atoms with E-state index in [0.29, 0.717) is 23.7 Å². The summed E-state index contributed by atoms with van der Waals surface area (Å²) in [7, 11) is 1.65. The van der Waals surface area contributed by atoms with Gasteiger partial charge in [0.1, 0.15) is 30.5 Å². The van der Waals surface area contributed by atoms with Gasteiger partial charge in [0.05, 0.1) is 12.2 Å². The van der Waals surface area contributed by atoms with E-state index in [2.05, 4.69) is 0 Å². The van der Waals surface area contributed by atoms with Gasteiger partial charge in [0, 0.05) is 7.05 Å². The van der Waals surface area contributed by atoms with Crippen LogP contribution in [-0.4, -0.2) is 49.6 Å². The van der Waals surface area contributed by atoms with E-state index in [1.54, 1.807) is 32.2 Å². The number of benzene rings is 2. The van der Waals surface area contributed by atoms with E-state index < -0.39 is 6.10 Å². The lowest BCUT2D eigenvalue weighted by atomic mass is 10.2. The van der Waals surface area contributed by atoms with Crippen LogP contribution in [0.15, 0.2) is 48.5 Å². The summed E-state index contributed by atoms with van der Waals surface area (Å²) in [6.45, 7) is 2.19. The Morgan fingerprint density at radius 2 is 1.93 bits per heavy atom. The highest BCUT2D eigenvalue weighted by molar-refractivity contribution is 6.03. The maximum absolute atomic E-state index is 12.9. The molecular formula is C20H21FN2O4. The molecule has 3 rings (SSSR count). The zero-order valence-corrected chi connectivity index (χ0v) is 15.2. The lowest BCUT2D eigenvalue weighted by Crippen LogP contribution is -2.49. The van der Waals surface area contributed by atoms with Crippen LogP contribution in [0, 0.1) is 5.82 Å². The normalized spacial score (nSPS) is 15.7. The Morgan fingerprint density at radius 1 is 1.22 bits per heavy atom. The molecule has 0 N–H and O–H groups in total. The maximum Gasteiger partial charge on any atom is 0.268 e. The molecule has 1 atom stereocenters. The summed E-state index contributed by atoms with van der Waals surface area (Å²) in [5.41, 5.74) is 0.588. The van der Waals surface area contributed by atoms with Crippen LogP contribution in [0.2, 0.25) is 0 Å². The largest absolute Gasteiger partial charge is 0.492 e. The second-order valence-corrected chi connectivity index (χ2v) is 6.27. The van der Waals surface area contributed by atoms with Gasteiger partial charge in [0.25, 0.3) is 5.91 Å². The van der Waals surface area contributed by atoms with Gasteiger partial charge in [-0.25, -0.2) is 4.39 Å². The third-order valence-corrected chi connectivity index (χ3v) is 4.30. The molecule has 0 saturated carbocycles. The van der Waals surface area contributed by atoms with Gasteiger partial charge >= 0.3 is 0 Å². The molecule has 1 aliphatic heterocycles. The molecule has 2 aromatic carbocycles. The van der Waals surface area contributed by atoms with Gasteiger partial charge in [-0.3, -0.25) is 14.5 Å². The second kappa shape index (κ2) is 8.07. The molecule has 142 valence electrons. The zero-order valence-electron chi connectivity index (χ0n) is 15.2. The monoisotopic (exact) mass is 372 g/mol.